The molecule has 0 aliphatic rings. The molecule has 0 saturated carbocycles. The molecule has 0 fully saturated rings. The zero-order valence-electron chi connectivity index (χ0n) is 24.3. The molecule has 2 N–H and O–H groups in total. The van der Waals surface area contributed by atoms with Gasteiger partial charge in [0, 0.05) is 17.7 Å². The Kier molecular flexibility index (Phi) is 9.59. The van der Waals surface area contributed by atoms with E-state index >= 15 is 0 Å². The fourth-order valence-electron chi connectivity index (χ4n) is 4.53. The van der Waals surface area contributed by atoms with Crippen molar-refractivity contribution in [2.75, 3.05) is 0 Å². The first-order chi connectivity index (χ1) is 21.9. The number of benzene rings is 4. The van der Waals surface area contributed by atoms with Crippen molar-refractivity contribution in [1.82, 2.24) is 10.0 Å². The molecule has 236 valence electrons. The van der Waals surface area contributed by atoms with Crippen LogP contribution >= 0.6 is 11.3 Å². The van der Waals surface area contributed by atoms with Crippen LogP contribution in [0.5, 0.6) is 5.75 Å². The van der Waals surface area contributed by atoms with Gasteiger partial charge in [-0.3, -0.25) is 9.59 Å². The molecule has 7 nitrogen and oxygen atoms in total. The summed E-state index contributed by atoms with van der Waals surface area (Å²) in [5, 5.41) is 4.31. The minimum Gasteiger partial charge on any atom is -0.489 e. The van der Waals surface area contributed by atoms with Gasteiger partial charge in [0.15, 0.2) is 0 Å². The van der Waals surface area contributed by atoms with E-state index in [1.165, 1.54) is 18.2 Å². The summed E-state index contributed by atoms with van der Waals surface area (Å²) in [5.41, 5.74) is 2.60. The largest absolute Gasteiger partial charge is 0.489 e. The molecule has 0 bridgehead atoms. The molecule has 1 heterocycles. The standard InChI is InChI=1S/C34H27F3N2O5S2/c1-22-7-16-31(46(42,43)39-33(41)30-6-3-17-45-30)29(18-22)25-10-8-23(9-11-25)21-44-28-14-12-26(13-15-28)32(40)38-20-24-4-2-5-27(19-24)34(35,36)37/h2-19H,20-21H2,1H3,(H,38,40)(H,39,41). The summed E-state index contributed by atoms with van der Waals surface area (Å²) in [7, 11) is -4.16. The van der Waals surface area contributed by atoms with Crippen molar-refractivity contribution in [3.05, 3.63) is 141 Å². The minimum absolute atomic E-state index is 0.0223. The van der Waals surface area contributed by atoms with Crippen LogP contribution in [0.25, 0.3) is 11.1 Å². The number of sulfonamides is 1. The molecule has 5 aromatic rings. The topological polar surface area (TPSA) is 102 Å². The molecular weight excluding hydrogens is 638 g/mol. The van der Waals surface area contributed by atoms with Crippen molar-refractivity contribution in [2.24, 2.45) is 0 Å². The molecule has 5 rings (SSSR count). The molecule has 46 heavy (non-hydrogen) atoms. The Morgan fingerprint density at radius 3 is 2.24 bits per heavy atom. The van der Waals surface area contributed by atoms with E-state index in [0.29, 0.717) is 28.0 Å². The summed E-state index contributed by atoms with van der Waals surface area (Å²) in [6.07, 6.45) is -4.46. The number of halogens is 3. The Bertz CT molecular complexity index is 1960. The highest BCUT2D eigenvalue weighted by Gasteiger charge is 2.30. The number of alkyl halides is 3. The Hall–Kier alpha value is -4.94. The van der Waals surface area contributed by atoms with Crippen LogP contribution < -0.4 is 14.8 Å². The Morgan fingerprint density at radius 2 is 1.57 bits per heavy atom. The van der Waals surface area contributed by atoms with E-state index in [-0.39, 0.29) is 22.9 Å². The number of hydrogen-bond acceptors (Lipinski definition) is 6. The average molecular weight is 665 g/mol. The lowest BCUT2D eigenvalue weighted by Crippen LogP contribution is -2.30. The molecule has 0 saturated heterocycles. The monoisotopic (exact) mass is 664 g/mol. The third kappa shape index (κ3) is 8.01. The lowest BCUT2D eigenvalue weighted by atomic mass is 10.0. The van der Waals surface area contributed by atoms with Crippen LogP contribution in [0, 0.1) is 6.92 Å². The number of aryl methyl sites for hydroxylation is 1. The van der Waals surface area contributed by atoms with Crippen molar-refractivity contribution in [2.45, 2.75) is 31.1 Å². The summed E-state index contributed by atoms with van der Waals surface area (Å²) >= 11 is 1.14. The summed E-state index contributed by atoms with van der Waals surface area (Å²) in [4.78, 5) is 25.3. The number of thiophene rings is 1. The Morgan fingerprint density at radius 1 is 0.826 bits per heavy atom. The van der Waals surface area contributed by atoms with Gasteiger partial charge in [-0.05, 0) is 77.5 Å². The van der Waals surface area contributed by atoms with E-state index in [4.69, 9.17) is 4.74 Å². The molecule has 4 aromatic carbocycles. The SMILES string of the molecule is Cc1ccc(S(=O)(=O)NC(=O)c2cccs2)c(-c2ccc(COc3ccc(C(=O)NCc4cccc(C(F)(F)F)c4)cc3)cc2)c1. The van der Waals surface area contributed by atoms with Gasteiger partial charge in [0.1, 0.15) is 12.4 Å². The summed E-state index contributed by atoms with van der Waals surface area (Å²) in [6.45, 7) is 1.98. The number of nitrogens with one attached hydrogen (secondary N) is 2. The molecule has 0 aliphatic carbocycles. The van der Waals surface area contributed by atoms with Crippen LogP contribution in [-0.4, -0.2) is 20.2 Å². The number of ether oxygens (including phenoxy) is 1. The summed E-state index contributed by atoms with van der Waals surface area (Å²) in [6, 6.07) is 26.3. The second-order valence-electron chi connectivity index (χ2n) is 10.3. The number of rotatable bonds is 10. The summed E-state index contributed by atoms with van der Waals surface area (Å²) < 4.78 is 73.1. The molecule has 0 aliphatic heterocycles. The molecular formula is C34H27F3N2O5S2. The molecule has 2 amide bonds. The van der Waals surface area contributed by atoms with Crippen LogP contribution in [0.3, 0.4) is 0 Å². The smallest absolute Gasteiger partial charge is 0.416 e. The van der Waals surface area contributed by atoms with Gasteiger partial charge in [-0.2, -0.15) is 13.2 Å². The van der Waals surface area contributed by atoms with Crippen molar-refractivity contribution in [1.29, 1.82) is 0 Å². The molecule has 1 aromatic heterocycles. The quantitative estimate of drug-likeness (QED) is 0.162. The second-order valence-corrected chi connectivity index (χ2v) is 12.9. The highest BCUT2D eigenvalue weighted by atomic mass is 32.2. The van der Waals surface area contributed by atoms with Gasteiger partial charge in [0.25, 0.3) is 21.8 Å². The highest BCUT2D eigenvalue weighted by Crippen LogP contribution is 2.31. The molecule has 0 atom stereocenters. The van der Waals surface area contributed by atoms with E-state index in [9.17, 15) is 31.2 Å². The molecule has 12 heteroatoms. The molecule has 0 radical (unpaired) electrons. The first-order valence-electron chi connectivity index (χ1n) is 13.9. The maximum absolute atomic E-state index is 13.2. The maximum atomic E-state index is 13.2. The fraction of sp³-hybridized carbons (Fsp3) is 0.118. The van der Waals surface area contributed by atoms with Crippen molar-refractivity contribution >= 4 is 33.2 Å². The number of hydrogen-bond donors (Lipinski definition) is 2. The van der Waals surface area contributed by atoms with Gasteiger partial charge < -0.3 is 10.1 Å². The van der Waals surface area contributed by atoms with Gasteiger partial charge >= 0.3 is 6.18 Å². The number of amides is 2. The summed E-state index contributed by atoms with van der Waals surface area (Å²) in [5.74, 6) is -0.645. The Balaban J connectivity index is 1.20. The average Bonchev–Trinajstić information content (AvgIpc) is 3.58. The number of carbonyl (C=O) groups excluding carboxylic acids is 2. The van der Waals surface area contributed by atoms with Crippen molar-refractivity contribution in [3.63, 3.8) is 0 Å². The van der Waals surface area contributed by atoms with E-state index < -0.39 is 33.6 Å². The lowest BCUT2D eigenvalue weighted by molar-refractivity contribution is -0.137. The fourth-order valence-corrected chi connectivity index (χ4v) is 6.39. The predicted octanol–water partition coefficient (Wildman–Crippen LogP) is 7.37. The van der Waals surface area contributed by atoms with Crippen molar-refractivity contribution in [3.8, 4) is 16.9 Å². The van der Waals surface area contributed by atoms with Gasteiger partial charge in [-0.15, -0.1) is 11.3 Å². The minimum atomic E-state index is -4.46. The van der Waals surface area contributed by atoms with Gasteiger partial charge in [-0.25, -0.2) is 13.1 Å². The van der Waals surface area contributed by atoms with Crippen LogP contribution in [0.1, 0.15) is 42.3 Å². The highest BCUT2D eigenvalue weighted by molar-refractivity contribution is 7.90. The third-order valence-corrected chi connectivity index (χ3v) is 9.15. The predicted molar refractivity (Wildman–Crippen MR) is 169 cm³/mol. The second kappa shape index (κ2) is 13.6. The normalized spacial score (nSPS) is 11.6. The maximum Gasteiger partial charge on any atom is 0.416 e. The first kappa shape index (κ1) is 32.5. The van der Waals surface area contributed by atoms with E-state index in [1.54, 1.807) is 78.2 Å². The van der Waals surface area contributed by atoms with Crippen LogP contribution in [0.15, 0.2) is 113 Å². The van der Waals surface area contributed by atoms with Crippen molar-refractivity contribution < 1.29 is 35.9 Å². The number of carbonyl (C=O) groups is 2. The lowest BCUT2D eigenvalue weighted by Gasteiger charge is -2.13. The first-order valence-corrected chi connectivity index (χ1v) is 16.2. The zero-order chi connectivity index (χ0) is 32.9. The van der Waals surface area contributed by atoms with Crippen LogP contribution in [-0.2, 0) is 29.4 Å². The zero-order valence-corrected chi connectivity index (χ0v) is 25.9. The Labute approximate surface area is 267 Å². The van der Waals surface area contributed by atoms with E-state index in [1.807, 2.05) is 6.92 Å². The molecule has 0 unspecified atom stereocenters. The van der Waals surface area contributed by atoms with E-state index in [0.717, 1.165) is 34.6 Å². The van der Waals surface area contributed by atoms with Gasteiger partial charge in [0.2, 0.25) is 0 Å². The van der Waals surface area contributed by atoms with Gasteiger partial charge in [0.05, 0.1) is 15.3 Å². The molecule has 0 spiro atoms. The van der Waals surface area contributed by atoms with Crippen LogP contribution in [0.2, 0.25) is 0 Å². The van der Waals surface area contributed by atoms with E-state index in [2.05, 4.69) is 10.0 Å². The van der Waals surface area contributed by atoms with Gasteiger partial charge in [-0.1, -0.05) is 60.2 Å². The third-order valence-electron chi connectivity index (χ3n) is 6.89. The van der Waals surface area contributed by atoms with Crippen LogP contribution in [0.4, 0.5) is 13.2 Å².